The molecule has 0 bridgehead atoms. The maximum absolute atomic E-state index is 14.5. The maximum Gasteiger partial charge on any atom is 0.244 e. The van der Waals surface area contributed by atoms with E-state index >= 15 is 0 Å². The molecule has 3 amide bonds. The van der Waals surface area contributed by atoms with Gasteiger partial charge in [0, 0.05) is 24.0 Å². The molecule has 2 aromatic carbocycles. The molecule has 4 aliphatic rings. The molecule has 2 spiro atoms. The van der Waals surface area contributed by atoms with Crippen LogP contribution in [0.1, 0.15) is 54.0 Å². The number of rotatable bonds is 4. The third-order valence-electron chi connectivity index (χ3n) is 9.60. The van der Waals surface area contributed by atoms with E-state index in [1.807, 2.05) is 24.3 Å². The molecule has 7 rings (SSSR count). The summed E-state index contributed by atoms with van der Waals surface area (Å²) in [5, 5.41) is 9.17. The number of nitrogens with one attached hydrogen (secondary N) is 3. The van der Waals surface area contributed by atoms with E-state index in [4.69, 9.17) is 0 Å². The van der Waals surface area contributed by atoms with E-state index in [2.05, 4.69) is 20.9 Å². The highest BCUT2D eigenvalue weighted by Crippen LogP contribution is 2.47. The largest absolute Gasteiger partial charge is 0.325 e. The van der Waals surface area contributed by atoms with Crippen LogP contribution in [0.25, 0.3) is 0 Å². The number of nitrogens with zero attached hydrogens (tertiary/aromatic N) is 2. The summed E-state index contributed by atoms with van der Waals surface area (Å²) in [6, 6.07) is 11.2. The first-order valence-corrected chi connectivity index (χ1v) is 14.4. The zero-order valence-corrected chi connectivity index (χ0v) is 23.2. The predicted octanol–water partition coefficient (Wildman–Crippen LogP) is 2.03. The molecular formula is C31H30BF2N5O3. The Morgan fingerprint density at radius 3 is 2.57 bits per heavy atom. The van der Waals surface area contributed by atoms with Crippen LogP contribution < -0.4 is 21.4 Å². The predicted molar refractivity (Wildman–Crippen MR) is 155 cm³/mol. The Labute approximate surface area is 242 Å². The molecule has 214 valence electrons. The second-order valence-electron chi connectivity index (χ2n) is 12.0. The minimum Gasteiger partial charge on any atom is -0.325 e. The van der Waals surface area contributed by atoms with Crippen molar-refractivity contribution < 1.29 is 23.2 Å². The van der Waals surface area contributed by atoms with Gasteiger partial charge in [0.05, 0.1) is 17.0 Å². The average molecular weight is 569 g/mol. The standard InChI is InChI=1S/C31H30BF2N5O3/c32-26-22(33)11-18(12-23(26)34)24-15-36-31(7-1-2-8-31)29(42)39(24)16-25(40)37-20-6-5-17-13-30(14-19(17)10-20)21-4-3-9-35-27(21)38-28(30)41/h3-6,9-12,24,36H,1-2,7-8,13-16,32H2,(H,37,40)(H,35,38,41)/t24-,30+/m0/s1. The molecule has 2 atom stereocenters. The third-order valence-corrected chi connectivity index (χ3v) is 9.60. The molecule has 2 aliphatic carbocycles. The molecule has 3 N–H and O–H groups in total. The molecule has 2 fully saturated rings. The lowest BCUT2D eigenvalue weighted by molar-refractivity contribution is -0.147. The van der Waals surface area contributed by atoms with Crippen LogP contribution in [0.2, 0.25) is 0 Å². The summed E-state index contributed by atoms with van der Waals surface area (Å²) >= 11 is 0. The van der Waals surface area contributed by atoms with Gasteiger partial charge in [-0.1, -0.05) is 25.0 Å². The monoisotopic (exact) mass is 569 g/mol. The van der Waals surface area contributed by atoms with E-state index in [9.17, 15) is 23.2 Å². The van der Waals surface area contributed by atoms with E-state index in [1.54, 1.807) is 12.3 Å². The number of anilines is 2. The number of fused-ring (bicyclic) bond motifs is 3. The molecule has 8 nitrogen and oxygen atoms in total. The van der Waals surface area contributed by atoms with Gasteiger partial charge in [0.25, 0.3) is 0 Å². The van der Waals surface area contributed by atoms with Gasteiger partial charge in [0.1, 0.15) is 31.8 Å². The number of carbonyl (C=O) groups excluding carboxylic acids is 3. The highest BCUT2D eigenvalue weighted by Gasteiger charge is 2.51. The van der Waals surface area contributed by atoms with Gasteiger partial charge in [-0.3, -0.25) is 14.4 Å². The lowest BCUT2D eigenvalue weighted by atomic mass is 9.79. The summed E-state index contributed by atoms with van der Waals surface area (Å²) < 4.78 is 29.0. The van der Waals surface area contributed by atoms with Gasteiger partial charge in [-0.15, -0.1) is 0 Å². The van der Waals surface area contributed by atoms with Gasteiger partial charge >= 0.3 is 0 Å². The van der Waals surface area contributed by atoms with Gasteiger partial charge in [-0.2, -0.15) is 0 Å². The number of aromatic nitrogens is 1. The number of halogens is 2. The van der Waals surface area contributed by atoms with Gasteiger partial charge in [0.2, 0.25) is 17.7 Å². The number of piperazine rings is 1. The molecule has 3 aromatic rings. The van der Waals surface area contributed by atoms with Crippen molar-refractivity contribution in [2.75, 3.05) is 23.7 Å². The highest BCUT2D eigenvalue weighted by atomic mass is 19.1. The first-order valence-electron chi connectivity index (χ1n) is 14.4. The summed E-state index contributed by atoms with van der Waals surface area (Å²) in [6.07, 6.45) is 5.80. The first kappa shape index (κ1) is 26.8. The van der Waals surface area contributed by atoms with Crippen molar-refractivity contribution in [3.63, 3.8) is 0 Å². The lowest BCUT2D eigenvalue weighted by Crippen LogP contribution is -2.64. The lowest BCUT2D eigenvalue weighted by Gasteiger charge is -2.45. The Morgan fingerprint density at radius 2 is 1.81 bits per heavy atom. The van der Waals surface area contributed by atoms with E-state index in [0.29, 0.717) is 49.3 Å². The quantitative estimate of drug-likeness (QED) is 0.418. The summed E-state index contributed by atoms with van der Waals surface area (Å²) in [4.78, 5) is 46.1. The van der Waals surface area contributed by atoms with Crippen LogP contribution >= 0.6 is 0 Å². The molecular weight excluding hydrogens is 539 g/mol. The van der Waals surface area contributed by atoms with Crippen molar-refractivity contribution in [2.45, 2.75) is 55.5 Å². The number of hydrogen-bond donors (Lipinski definition) is 3. The number of benzene rings is 2. The molecule has 2 aliphatic heterocycles. The number of amides is 3. The van der Waals surface area contributed by atoms with Gasteiger partial charge < -0.3 is 20.9 Å². The third kappa shape index (κ3) is 4.13. The van der Waals surface area contributed by atoms with Crippen LogP contribution in [-0.4, -0.2) is 54.1 Å². The Kier molecular flexibility index (Phi) is 6.20. The topological polar surface area (TPSA) is 103 Å². The molecule has 0 radical (unpaired) electrons. The van der Waals surface area contributed by atoms with E-state index in [-0.39, 0.29) is 23.8 Å². The van der Waals surface area contributed by atoms with E-state index < -0.39 is 34.5 Å². The summed E-state index contributed by atoms with van der Waals surface area (Å²) in [5.74, 6) is -1.49. The number of pyridine rings is 1. The van der Waals surface area contributed by atoms with E-state index in [0.717, 1.165) is 29.5 Å². The van der Waals surface area contributed by atoms with Crippen molar-refractivity contribution in [2.24, 2.45) is 0 Å². The summed E-state index contributed by atoms with van der Waals surface area (Å²) in [7, 11) is 1.37. The normalized spacial score (nSPS) is 23.8. The fraction of sp³-hybridized carbons (Fsp3) is 0.355. The number of hydrogen-bond acceptors (Lipinski definition) is 5. The van der Waals surface area contributed by atoms with Crippen LogP contribution in [-0.2, 0) is 32.6 Å². The summed E-state index contributed by atoms with van der Waals surface area (Å²) in [5.41, 5.74) is 2.18. The fourth-order valence-electron chi connectivity index (χ4n) is 7.30. The minimum absolute atomic E-state index is 0.0777. The molecule has 11 heteroatoms. The first-order chi connectivity index (χ1) is 20.2. The van der Waals surface area contributed by atoms with E-state index in [1.165, 1.54) is 24.9 Å². The van der Waals surface area contributed by atoms with Crippen LogP contribution in [0, 0.1) is 11.6 Å². The smallest absolute Gasteiger partial charge is 0.244 e. The van der Waals surface area contributed by atoms with Crippen molar-refractivity contribution in [3.8, 4) is 0 Å². The Morgan fingerprint density at radius 1 is 1.07 bits per heavy atom. The SMILES string of the molecule is Bc1c(F)cc([C@@H]2CNC3(CCCC3)C(=O)N2CC(=O)Nc2ccc3c(c2)C[C@@]2(C3)C(=O)Nc3ncccc32)cc1F. The molecule has 0 unspecified atom stereocenters. The zero-order valence-electron chi connectivity index (χ0n) is 23.2. The van der Waals surface area contributed by atoms with Crippen LogP contribution in [0.4, 0.5) is 20.3 Å². The van der Waals surface area contributed by atoms with Crippen molar-refractivity contribution in [3.05, 3.63) is 82.5 Å². The molecule has 1 saturated heterocycles. The fourth-order valence-corrected chi connectivity index (χ4v) is 7.30. The van der Waals surface area contributed by atoms with Gasteiger partial charge in [-0.05, 0) is 78.2 Å². The minimum atomic E-state index is -0.756. The van der Waals surface area contributed by atoms with Gasteiger partial charge in [0.15, 0.2) is 0 Å². The molecule has 3 heterocycles. The second-order valence-corrected chi connectivity index (χ2v) is 12.0. The van der Waals surface area contributed by atoms with Crippen molar-refractivity contribution in [1.82, 2.24) is 15.2 Å². The molecule has 1 aromatic heterocycles. The van der Waals surface area contributed by atoms with Crippen molar-refractivity contribution >= 4 is 42.5 Å². The van der Waals surface area contributed by atoms with Crippen LogP contribution in [0.3, 0.4) is 0 Å². The summed E-state index contributed by atoms with van der Waals surface area (Å²) in [6.45, 7) is 0.0345. The van der Waals surface area contributed by atoms with Crippen molar-refractivity contribution in [1.29, 1.82) is 0 Å². The van der Waals surface area contributed by atoms with Gasteiger partial charge in [-0.25, -0.2) is 13.8 Å². The molecule has 42 heavy (non-hydrogen) atoms. The van der Waals surface area contributed by atoms with Crippen LogP contribution in [0.5, 0.6) is 0 Å². The Hall–Kier alpha value is -4.12. The zero-order chi connectivity index (χ0) is 29.2. The van der Waals surface area contributed by atoms with Crippen LogP contribution in [0.15, 0.2) is 48.7 Å². The second kappa shape index (κ2) is 9.73. The maximum atomic E-state index is 14.5. The Balaban J connectivity index is 1.13. The number of carbonyl (C=O) groups is 3. The average Bonchev–Trinajstić information content (AvgIpc) is 3.67. The highest BCUT2D eigenvalue weighted by molar-refractivity contribution is 6.32. The Bertz CT molecular complexity index is 1640. The molecule has 1 saturated carbocycles.